The van der Waals surface area contributed by atoms with Crippen LogP contribution in [-0.2, 0) is 18.6 Å². The van der Waals surface area contributed by atoms with Crippen molar-refractivity contribution < 1.29 is 14.3 Å². The Kier molecular flexibility index (Phi) is 5.24. The van der Waals surface area contributed by atoms with E-state index in [4.69, 9.17) is 9.47 Å². The van der Waals surface area contributed by atoms with Gasteiger partial charge in [-0.05, 0) is 54.0 Å². The highest BCUT2D eigenvalue weighted by Gasteiger charge is 2.26. The molecular formula is C22H22N2O3S2. The zero-order valence-electron chi connectivity index (χ0n) is 16.0. The molecule has 150 valence electrons. The van der Waals surface area contributed by atoms with Crippen molar-refractivity contribution in [2.75, 3.05) is 25.5 Å². The first-order valence-electron chi connectivity index (χ1n) is 9.82. The molecule has 0 bridgehead atoms. The Morgan fingerprint density at radius 2 is 1.97 bits per heavy atom. The first kappa shape index (κ1) is 18.6. The Labute approximate surface area is 178 Å². The Hall–Kier alpha value is -2.38. The summed E-state index contributed by atoms with van der Waals surface area (Å²) >= 11 is 3.69. The number of carbonyl (C=O) groups excluding carboxylic acids is 1. The number of benzene rings is 1. The second-order valence-electron chi connectivity index (χ2n) is 7.06. The number of aromatic nitrogens is 1. The summed E-state index contributed by atoms with van der Waals surface area (Å²) in [4.78, 5) is 14.5. The monoisotopic (exact) mass is 426 g/mol. The van der Waals surface area contributed by atoms with Gasteiger partial charge in [-0.25, -0.2) is 0 Å². The van der Waals surface area contributed by atoms with Gasteiger partial charge >= 0.3 is 0 Å². The first-order chi connectivity index (χ1) is 14.3. The van der Waals surface area contributed by atoms with Gasteiger partial charge in [0.1, 0.15) is 18.2 Å². The van der Waals surface area contributed by atoms with Crippen LogP contribution in [0.5, 0.6) is 11.5 Å². The minimum absolute atomic E-state index is 0.0237. The SMILES string of the molecule is O=C(NCCc1ccc2c(c1)OCCO2)c1c(-n2cccc2)sc2c1CCSC2. The van der Waals surface area contributed by atoms with Crippen molar-refractivity contribution in [2.24, 2.45) is 0 Å². The van der Waals surface area contributed by atoms with E-state index in [-0.39, 0.29) is 5.91 Å². The Morgan fingerprint density at radius 1 is 1.14 bits per heavy atom. The van der Waals surface area contributed by atoms with Crippen LogP contribution in [0.3, 0.4) is 0 Å². The van der Waals surface area contributed by atoms with Gasteiger partial charge in [0.2, 0.25) is 0 Å². The molecule has 0 radical (unpaired) electrons. The van der Waals surface area contributed by atoms with Gasteiger partial charge in [-0.2, -0.15) is 11.8 Å². The maximum absolute atomic E-state index is 13.1. The summed E-state index contributed by atoms with van der Waals surface area (Å²) in [5.74, 6) is 3.68. The van der Waals surface area contributed by atoms with E-state index in [0.29, 0.717) is 19.8 Å². The van der Waals surface area contributed by atoms with Crippen LogP contribution < -0.4 is 14.8 Å². The molecular weight excluding hydrogens is 404 g/mol. The van der Waals surface area contributed by atoms with Crippen LogP contribution in [0.2, 0.25) is 0 Å². The van der Waals surface area contributed by atoms with Crippen molar-refractivity contribution in [1.29, 1.82) is 0 Å². The van der Waals surface area contributed by atoms with Gasteiger partial charge in [0, 0.05) is 29.6 Å². The second-order valence-corrected chi connectivity index (χ2v) is 9.25. The second kappa shape index (κ2) is 8.16. The highest BCUT2D eigenvalue weighted by Crippen LogP contribution is 2.38. The molecule has 2 aliphatic heterocycles. The summed E-state index contributed by atoms with van der Waals surface area (Å²) in [6.45, 7) is 1.76. The van der Waals surface area contributed by atoms with Gasteiger partial charge in [0.05, 0.1) is 5.56 Å². The van der Waals surface area contributed by atoms with Gasteiger partial charge in [-0.15, -0.1) is 11.3 Å². The number of fused-ring (bicyclic) bond motifs is 2. The predicted octanol–water partition coefficient (Wildman–Crippen LogP) is 4.07. The maximum Gasteiger partial charge on any atom is 0.254 e. The van der Waals surface area contributed by atoms with E-state index in [1.807, 2.05) is 54.5 Å². The molecule has 5 nitrogen and oxygen atoms in total. The molecule has 1 amide bonds. The average molecular weight is 427 g/mol. The van der Waals surface area contributed by atoms with E-state index in [1.54, 1.807) is 11.3 Å². The summed E-state index contributed by atoms with van der Waals surface area (Å²) in [7, 11) is 0. The number of hydrogen-bond acceptors (Lipinski definition) is 5. The number of hydrogen-bond donors (Lipinski definition) is 1. The van der Waals surface area contributed by atoms with E-state index >= 15 is 0 Å². The smallest absolute Gasteiger partial charge is 0.254 e. The van der Waals surface area contributed by atoms with Gasteiger partial charge in [0.25, 0.3) is 5.91 Å². The molecule has 0 atom stereocenters. The van der Waals surface area contributed by atoms with Crippen LogP contribution in [-0.4, -0.2) is 36.0 Å². The van der Waals surface area contributed by atoms with Crippen molar-refractivity contribution in [2.45, 2.75) is 18.6 Å². The van der Waals surface area contributed by atoms with E-state index in [2.05, 4.69) is 9.88 Å². The number of nitrogens with zero attached hydrogens (tertiary/aromatic N) is 1. The summed E-state index contributed by atoms with van der Waals surface area (Å²) in [5.41, 5.74) is 3.21. The van der Waals surface area contributed by atoms with Crippen LogP contribution in [0.25, 0.3) is 5.00 Å². The third kappa shape index (κ3) is 3.76. The van der Waals surface area contributed by atoms with Crippen molar-refractivity contribution in [3.63, 3.8) is 0 Å². The summed E-state index contributed by atoms with van der Waals surface area (Å²) in [5, 5.41) is 4.17. The lowest BCUT2D eigenvalue weighted by Gasteiger charge is -2.19. The third-order valence-corrected chi connectivity index (χ3v) is 7.59. The number of nitrogens with one attached hydrogen (secondary N) is 1. The quantitative estimate of drug-likeness (QED) is 0.668. The predicted molar refractivity (Wildman–Crippen MR) is 117 cm³/mol. The van der Waals surface area contributed by atoms with Crippen molar-refractivity contribution in [3.05, 3.63) is 64.3 Å². The molecule has 5 rings (SSSR count). The van der Waals surface area contributed by atoms with Gasteiger partial charge in [-0.1, -0.05) is 6.07 Å². The fourth-order valence-corrected chi connectivity index (χ4v) is 6.20. The molecule has 0 saturated carbocycles. The molecule has 2 aromatic heterocycles. The normalized spacial score (nSPS) is 15.0. The van der Waals surface area contributed by atoms with E-state index in [1.165, 1.54) is 10.4 Å². The van der Waals surface area contributed by atoms with E-state index < -0.39 is 0 Å². The molecule has 0 aliphatic carbocycles. The van der Waals surface area contributed by atoms with Crippen molar-refractivity contribution in [3.8, 4) is 16.5 Å². The van der Waals surface area contributed by atoms with Crippen molar-refractivity contribution >= 4 is 29.0 Å². The lowest BCUT2D eigenvalue weighted by molar-refractivity contribution is 0.0953. The minimum atomic E-state index is 0.0237. The average Bonchev–Trinajstić information content (AvgIpc) is 3.41. The Bertz CT molecular complexity index is 1030. The summed E-state index contributed by atoms with van der Waals surface area (Å²) < 4.78 is 13.3. The molecule has 2 aliphatic rings. The fraction of sp³-hybridized carbons (Fsp3) is 0.318. The Balaban J connectivity index is 1.32. The molecule has 3 aromatic rings. The fourth-order valence-electron chi connectivity index (χ4n) is 3.76. The zero-order chi connectivity index (χ0) is 19.6. The van der Waals surface area contributed by atoms with Crippen LogP contribution in [0.15, 0.2) is 42.7 Å². The highest BCUT2D eigenvalue weighted by atomic mass is 32.2. The minimum Gasteiger partial charge on any atom is -0.486 e. The molecule has 0 saturated heterocycles. The lowest BCUT2D eigenvalue weighted by atomic mass is 10.1. The van der Waals surface area contributed by atoms with E-state index in [0.717, 1.165) is 52.0 Å². The van der Waals surface area contributed by atoms with Crippen molar-refractivity contribution in [1.82, 2.24) is 9.88 Å². The Morgan fingerprint density at radius 3 is 2.83 bits per heavy atom. The van der Waals surface area contributed by atoms with Crippen LogP contribution in [0, 0.1) is 0 Å². The first-order valence-corrected chi connectivity index (χ1v) is 11.8. The van der Waals surface area contributed by atoms with Crippen LogP contribution in [0.1, 0.15) is 26.4 Å². The van der Waals surface area contributed by atoms with Crippen LogP contribution in [0.4, 0.5) is 0 Å². The molecule has 29 heavy (non-hydrogen) atoms. The number of rotatable bonds is 5. The number of carbonyl (C=O) groups is 1. The standard InChI is InChI=1S/C22H22N2O3S2/c25-21(23-7-5-15-3-4-17-18(13-15)27-11-10-26-17)20-16-6-12-28-14-19(16)29-22(20)24-8-1-2-9-24/h1-4,8-9,13H,5-7,10-12,14H2,(H,23,25). The van der Waals surface area contributed by atoms with Gasteiger partial charge in [0.15, 0.2) is 11.5 Å². The molecule has 1 aromatic carbocycles. The topological polar surface area (TPSA) is 52.5 Å². The molecule has 1 N–H and O–H groups in total. The highest BCUT2D eigenvalue weighted by molar-refractivity contribution is 7.98. The molecule has 0 unspecified atom stereocenters. The molecule has 0 spiro atoms. The molecule has 0 fully saturated rings. The lowest BCUT2D eigenvalue weighted by Crippen LogP contribution is -2.27. The number of amides is 1. The van der Waals surface area contributed by atoms with Gasteiger partial charge < -0.3 is 19.4 Å². The molecule has 4 heterocycles. The summed E-state index contributed by atoms with van der Waals surface area (Å²) in [6, 6.07) is 9.99. The zero-order valence-corrected chi connectivity index (χ0v) is 17.6. The number of ether oxygens (including phenoxy) is 2. The summed E-state index contributed by atoms with van der Waals surface area (Å²) in [6.07, 6.45) is 5.74. The molecule has 7 heteroatoms. The van der Waals surface area contributed by atoms with E-state index in [9.17, 15) is 4.79 Å². The van der Waals surface area contributed by atoms with Crippen LogP contribution >= 0.6 is 23.1 Å². The number of thiophene rings is 1. The maximum atomic E-state index is 13.1. The van der Waals surface area contributed by atoms with Gasteiger partial charge in [-0.3, -0.25) is 4.79 Å². The largest absolute Gasteiger partial charge is 0.486 e. The third-order valence-electron chi connectivity index (χ3n) is 5.17. The number of thioether (sulfide) groups is 1.